The highest BCUT2D eigenvalue weighted by atomic mass is 16.5. The number of carbonyl (C=O) groups is 1. The first kappa shape index (κ1) is 19.6. The van der Waals surface area contributed by atoms with Gasteiger partial charge in [-0.1, -0.05) is 44.2 Å². The van der Waals surface area contributed by atoms with E-state index >= 15 is 0 Å². The molecule has 0 aromatic heterocycles. The van der Waals surface area contributed by atoms with Crippen LogP contribution in [0, 0.1) is 0 Å². The summed E-state index contributed by atoms with van der Waals surface area (Å²) in [7, 11) is 3.18. The first-order chi connectivity index (χ1) is 12.4. The molecule has 1 N–H and O–H groups in total. The molecule has 0 heterocycles. The highest BCUT2D eigenvalue weighted by Crippen LogP contribution is 2.28. The fourth-order valence-electron chi connectivity index (χ4n) is 2.64. The lowest BCUT2D eigenvalue weighted by Crippen LogP contribution is -2.24. The second-order valence-electron chi connectivity index (χ2n) is 6.50. The van der Waals surface area contributed by atoms with Crippen molar-refractivity contribution in [3.8, 4) is 11.5 Å². The molecule has 0 saturated carbocycles. The normalized spacial score (nSPS) is 12.2. The van der Waals surface area contributed by atoms with Crippen LogP contribution >= 0.6 is 0 Å². The number of methoxy groups -OCH3 is 2. The average molecular weight is 353 g/mol. The zero-order valence-corrected chi connectivity index (χ0v) is 16.1. The molecule has 138 valence electrons. The van der Waals surface area contributed by atoms with Crippen LogP contribution < -0.4 is 14.8 Å². The van der Waals surface area contributed by atoms with Crippen molar-refractivity contribution in [1.29, 1.82) is 0 Å². The van der Waals surface area contributed by atoms with E-state index in [0.29, 0.717) is 17.4 Å². The molecule has 0 saturated heterocycles. The molecule has 2 aromatic rings. The lowest BCUT2D eigenvalue weighted by molar-refractivity contribution is -0.117. The minimum atomic E-state index is -0.139. The molecule has 2 rings (SSSR count). The van der Waals surface area contributed by atoms with Gasteiger partial charge in [0.05, 0.1) is 20.3 Å². The van der Waals surface area contributed by atoms with Crippen LogP contribution in [0.5, 0.6) is 11.5 Å². The van der Waals surface area contributed by atoms with E-state index in [1.165, 1.54) is 11.6 Å². The number of nitrogens with one attached hydrogen (secondary N) is 1. The zero-order chi connectivity index (χ0) is 19.1. The third-order valence-electron chi connectivity index (χ3n) is 4.30. The molecule has 1 atom stereocenters. The Hall–Kier alpha value is -2.75. The largest absolute Gasteiger partial charge is 0.493 e. The predicted octanol–water partition coefficient (Wildman–Crippen LogP) is 4.72. The summed E-state index contributed by atoms with van der Waals surface area (Å²) in [5.74, 6) is 1.65. The molecule has 1 unspecified atom stereocenters. The highest BCUT2D eigenvalue weighted by molar-refractivity contribution is 5.92. The Kier molecular flexibility index (Phi) is 6.84. The number of ether oxygens (including phenoxy) is 2. The van der Waals surface area contributed by atoms with Gasteiger partial charge in [0.25, 0.3) is 0 Å². The van der Waals surface area contributed by atoms with E-state index in [1.54, 1.807) is 20.3 Å². The summed E-state index contributed by atoms with van der Waals surface area (Å²) >= 11 is 0. The van der Waals surface area contributed by atoms with Crippen LogP contribution in [0.3, 0.4) is 0 Å². The second-order valence-corrected chi connectivity index (χ2v) is 6.50. The molecule has 0 fully saturated rings. The Balaban J connectivity index is 2.00. The predicted molar refractivity (Wildman–Crippen MR) is 106 cm³/mol. The standard InChI is InChI=1S/C22H27NO3/c1-15(2)18-8-10-19(11-9-18)16(3)23-22(24)13-7-17-6-12-20(25-4)21(14-17)26-5/h6-16H,1-5H3,(H,23,24)/b13-7+. The van der Waals surface area contributed by atoms with Gasteiger partial charge in [0.2, 0.25) is 5.91 Å². The molecular formula is C22H27NO3. The molecular weight excluding hydrogens is 326 g/mol. The molecule has 0 aliphatic carbocycles. The Bertz CT molecular complexity index is 763. The highest BCUT2D eigenvalue weighted by Gasteiger charge is 2.08. The van der Waals surface area contributed by atoms with Crippen LogP contribution in [0.2, 0.25) is 0 Å². The van der Waals surface area contributed by atoms with Gasteiger partial charge in [0.15, 0.2) is 11.5 Å². The molecule has 0 radical (unpaired) electrons. The number of hydrogen-bond donors (Lipinski definition) is 1. The average Bonchev–Trinajstić information content (AvgIpc) is 2.66. The van der Waals surface area contributed by atoms with Gasteiger partial charge < -0.3 is 14.8 Å². The fourth-order valence-corrected chi connectivity index (χ4v) is 2.64. The van der Waals surface area contributed by atoms with Crippen molar-refractivity contribution in [3.05, 3.63) is 65.2 Å². The number of benzene rings is 2. The van der Waals surface area contributed by atoms with Gasteiger partial charge in [-0.2, -0.15) is 0 Å². The zero-order valence-electron chi connectivity index (χ0n) is 16.1. The summed E-state index contributed by atoms with van der Waals surface area (Å²) in [4.78, 5) is 12.2. The van der Waals surface area contributed by atoms with E-state index in [2.05, 4.69) is 43.4 Å². The number of carbonyl (C=O) groups excluding carboxylic acids is 1. The molecule has 4 heteroatoms. The van der Waals surface area contributed by atoms with Crippen molar-refractivity contribution in [3.63, 3.8) is 0 Å². The van der Waals surface area contributed by atoms with Crippen LogP contribution in [0.1, 0.15) is 49.4 Å². The minimum Gasteiger partial charge on any atom is -0.493 e. The Morgan fingerprint density at radius 2 is 1.54 bits per heavy atom. The SMILES string of the molecule is COc1ccc(/C=C/C(=O)NC(C)c2ccc(C(C)C)cc2)cc1OC. The lowest BCUT2D eigenvalue weighted by Gasteiger charge is -2.14. The van der Waals surface area contributed by atoms with Gasteiger partial charge in [-0.15, -0.1) is 0 Å². The quantitative estimate of drug-likeness (QED) is 0.733. The molecule has 0 aliphatic rings. The second kappa shape index (κ2) is 9.09. The molecule has 0 spiro atoms. The van der Waals surface area contributed by atoms with E-state index in [9.17, 15) is 4.79 Å². The topological polar surface area (TPSA) is 47.6 Å². The smallest absolute Gasteiger partial charge is 0.244 e. The van der Waals surface area contributed by atoms with Crippen molar-refractivity contribution in [2.75, 3.05) is 14.2 Å². The summed E-state index contributed by atoms with van der Waals surface area (Å²) in [5, 5.41) is 2.98. The lowest BCUT2D eigenvalue weighted by atomic mass is 9.99. The summed E-state index contributed by atoms with van der Waals surface area (Å²) in [6.45, 7) is 6.31. The fraction of sp³-hybridized carbons (Fsp3) is 0.318. The van der Waals surface area contributed by atoms with Crippen molar-refractivity contribution < 1.29 is 14.3 Å². The van der Waals surface area contributed by atoms with E-state index in [1.807, 2.05) is 25.1 Å². The van der Waals surface area contributed by atoms with Crippen molar-refractivity contribution in [1.82, 2.24) is 5.32 Å². The van der Waals surface area contributed by atoms with E-state index < -0.39 is 0 Å². The maximum atomic E-state index is 12.2. The maximum Gasteiger partial charge on any atom is 0.244 e. The molecule has 4 nitrogen and oxygen atoms in total. The van der Waals surface area contributed by atoms with E-state index in [4.69, 9.17) is 9.47 Å². The number of hydrogen-bond acceptors (Lipinski definition) is 3. The van der Waals surface area contributed by atoms with Crippen molar-refractivity contribution in [2.45, 2.75) is 32.7 Å². The Labute approximate surface area is 155 Å². The maximum absolute atomic E-state index is 12.2. The van der Waals surface area contributed by atoms with Crippen molar-refractivity contribution >= 4 is 12.0 Å². The summed E-state index contributed by atoms with van der Waals surface area (Å²) in [6, 6.07) is 13.8. The van der Waals surface area contributed by atoms with Crippen molar-refractivity contribution in [2.24, 2.45) is 0 Å². The molecule has 0 bridgehead atoms. The summed E-state index contributed by atoms with van der Waals surface area (Å²) in [5.41, 5.74) is 3.25. The van der Waals surface area contributed by atoms with E-state index in [-0.39, 0.29) is 11.9 Å². The third-order valence-corrected chi connectivity index (χ3v) is 4.30. The van der Waals surface area contributed by atoms with Crippen LogP contribution in [0.25, 0.3) is 6.08 Å². The third kappa shape index (κ3) is 5.12. The minimum absolute atomic E-state index is 0.0567. The first-order valence-corrected chi connectivity index (χ1v) is 8.75. The molecule has 0 aliphatic heterocycles. The monoisotopic (exact) mass is 353 g/mol. The van der Waals surface area contributed by atoms with Gasteiger partial charge in [-0.05, 0) is 47.7 Å². The number of rotatable bonds is 7. The first-order valence-electron chi connectivity index (χ1n) is 8.75. The van der Waals surface area contributed by atoms with Crippen LogP contribution in [0.4, 0.5) is 0 Å². The van der Waals surface area contributed by atoms with Crippen LogP contribution in [-0.4, -0.2) is 20.1 Å². The van der Waals surface area contributed by atoms with Gasteiger partial charge in [-0.3, -0.25) is 4.79 Å². The van der Waals surface area contributed by atoms with E-state index in [0.717, 1.165) is 11.1 Å². The summed E-state index contributed by atoms with van der Waals surface area (Å²) in [6.07, 6.45) is 3.28. The van der Waals surface area contributed by atoms with Gasteiger partial charge >= 0.3 is 0 Å². The number of amides is 1. The molecule has 2 aromatic carbocycles. The van der Waals surface area contributed by atoms with Gasteiger partial charge in [0, 0.05) is 6.08 Å². The molecule has 26 heavy (non-hydrogen) atoms. The Morgan fingerprint density at radius 1 is 0.923 bits per heavy atom. The summed E-state index contributed by atoms with van der Waals surface area (Å²) < 4.78 is 10.5. The van der Waals surface area contributed by atoms with Gasteiger partial charge in [-0.25, -0.2) is 0 Å². The van der Waals surface area contributed by atoms with Gasteiger partial charge in [0.1, 0.15) is 0 Å². The van der Waals surface area contributed by atoms with Crippen LogP contribution in [-0.2, 0) is 4.79 Å². The van der Waals surface area contributed by atoms with Crippen LogP contribution in [0.15, 0.2) is 48.5 Å². The Morgan fingerprint density at radius 3 is 2.12 bits per heavy atom. The molecule has 1 amide bonds.